The SMILES string of the molecule is CCO/C=C/C(=N)N. The first-order valence-electron chi connectivity index (χ1n) is 2.39. The maximum absolute atomic E-state index is 6.68. The highest BCUT2D eigenvalue weighted by Crippen LogP contribution is 1.73. The lowest BCUT2D eigenvalue weighted by Gasteiger charge is -1.89. The molecule has 0 aliphatic rings. The highest BCUT2D eigenvalue weighted by Gasteiger charge is 1.73. The number of rotatable bonds is 3. The van der Waals surface area contributed by atoms with E-state index < -0.39 is 0 Å². The van der Waals surface area contributed by atoms with Gasteiger partial charge in [-0.1, -0.05) is 0 Å². The van der Waals surface area contributed by atoms with Crippen molar-refractivity contribution in [1.82, 2.24) is 0 Å². The topological polar surface area (TPSA) is 59.1 Å². The Morgan fingerprint density at radius 2 is 2.50 bits per heavy atom. The normalized spacial score (nSPS) is 9.62. The zero-order valence-corrected chi connectivity index (χ0v) is 4.85. The molecule has 46 valence electrons. The van der Waals surface area contributed by atoms with Gasteiger partial charge in [0.25, 0.3) is 0 Å². The molecule has 0 aliphatic heterocycles. The smallest absolute Gasteiger partial charge is 0.118 e. The van der Waals surface area contributed by atoms with Crippen LogP contribution in [-0.2, 0) is 4.74 Å². The molecule has 0 fully saturated rings. The summed E-state index contributed by atoms with van der Waals surface area (Å²) in [4.78, 5) is 0. The summed E-state index contributed by atoms with van der Waals surface area (Å²) in [6.07, 6.45) is 2.80. The lowest BCUT2D eigenvalue weighted by atomic mass is 10.6. The summed E-state index contributed by atoms with van der Waals surface area (Å²) in [6, 6.07) is 0. The van der Waals surface area contributed by atoms with Crippen molar-refractivity contribution in [2.24, 2.45) is 5.73 Å². The molecule has 0 rings (SSSR count). The minimum absolute atomic E-state index is 0.0125. The van der Waals surface area contributed by atoms with Crippen molar-refractivity contribution >= 4 is 5.84 Å². The first-order valence-corrected chi connectivity index (χ1v) is 2.39. The van der Waals surface area contributed by atoms with E-state index in [1.54, 1.807) is 0 Å². The van der Waals surface area contributed by atoms with Crippen molar-refractivity contribution in [2.45, 2.75) is 6.92 Å². The van der Waals surface area contributed by atoms with E-state index in [1.807, 2.05) is 6.92 Å². The van der Waals surface area contributed by atoms with E-state index in [2.05, 4.69) is 0 Å². The van der Waals surface area contributed by atoms with Crippen LogP contribution in [0.2, 0.25) is 0 Å². The van der Waals surface area contributed by atoms with Crippen LogP contribution in [0.1, 0.15) is 6.92 Å². The van der Waals surface area contributed by atoms with Crippen LogP contribution in [-0.4, -0.2) is 12.4 Å². The molecule has 0 amide bonds. The van der Waals surface area contributed by atoms with E-state index in [9.17, 15) is 0 Å². The van der Waals surface area contributed by atoms with Gasteiger partial charge in [-0.05, 0) is 6.92 Å². The monoisotopic (exact) mass is 114 g/mol. The predicted molar refractivity (Wildman–Crippen MR) is 32.7 cm³/mol. The maximum atomic E-state index is 6.68. The first-order chi connectivity index (χ1) is 3.77. The summed E-state index contributed by atoms with van der Waals surface area (Å²) < 4.78 is 4.74. The van der Waals surface area contributed by atoms with Gasteiger partial charge < -0.3 is 10.5 Å². The number of nitrogens with two attached hydrogens (primary N) is 1. The Kier molecular flexibility index (Phi) is 3.66. The van der Waals surface area contributed by atoms with E-state index in [-0.39, 0.29) is 5.84 Å². The third kappa shape index (κ3) is 5.01. The molecule has 0 radical (unpaired) electrons. The number of amidine groups is 1. The van der Waals surface area contributed by atoms with Gasteiger partial charge in [0, 0.05) is 6.08 Å². The van der Waals surface area contributed by atoms with Gasteiger partial charge >= 0.3 is 0 Å². The van der Waals surface area contributed by atoms with Crippen LogP contribution in [0.4, 0.5) is 0 Å². The predicted octanol–water partition coefficient (Wildman–Crippen LogP) is 0.473. The maximum Gasteiger partial charge on any atom is 0.118 e. The lowest BCUT2D eigenvalue weighted by Crippen LogP contribution is -2.04. The summed E-state index contributed by atoms with van der Waals surface area (Å²) in [5, 5.41) is 6.68. The molecular formula is C5H10N2O. The van der Waals surface area contributed by atoms with E-state index in [0.717, 1.165) is 0 Å². The molecule has 3 N–H and O–H groups in total. The number of hydrogen-bond acceptors (Lipinski definition) is 2. The Morgan fingerprint density at radius 3 is 2.88 bits per heavy atom. The Balaban J connectivity index is 3.20. The second-order valence-corrected chi connectivity index (χ2v) is 1.21. The van der Waals surface area contributed by atoms with Crippen molar-refractivity contribution in [3.8, 4) is 0 Å². The van der Waals surface area contributed by atoms with Crippen LogP contribution in [0.5, 0.6) is 0 Å². The van der Waals surface area contributed by atoms with Gasteiger partial charge in [0.2, 0.25) is 0 Å². The summed E-state index contributed by atoms with van der Waals surface area (Å²) >= 11 is 0. The molecule has 0 saturated heterocycles. The van der Waals surface area contributed by atoms with Crippen molar-refractivity contribution < 1.29 is 4.74 Å². The standard InChI is InChI=1S/C5H10N2O/c1-2-8-4-3-5(6)7/h3-4H,2H2,1H3,(H3,6,7)/b4-3+. The molecule has 0 saturated carbocycles. The molecule has 8 heavy (non-hydrogen) atoms. The molecular weight excluding hydrogens is 104 g/mol. The van der Waals surface area contributed by atoms with Crippen molar-refractivity contribution in [3.05, 3.63) is 12.3 Å². The minimum Gasteiger partial charge on any atom is -0.501 e. The molecule has 0 unspecified atom stereocenters. The van der Waals surface area contributed by atoms with Gasteiger partial charge in [-0.2, -0.15) is 0 Å². The van der Waals surface area contributed by atoms with Gasteiger partial charge in [0.15, 0.2) is 0 Å². The Hall–Kier alpha value is -0.990. The van der Waals surface area contributed by atoms with Crippen LogP contribution in [0.15, 0.2) is 12.3 Å². The molecule has 0 heterocycles. The summed E-state index contributed by atoms with van der Waals surface area (Å²) in [6.45, 7) is 2.48. The van der Waals surface area contributed by atoms with E-state index >= 15 is 0 Å². The average molecular weight is 114 g/mol. The molecule has 3 heteroatoms. The van der Waals surface area contributed by atoms with Crippen molar-refractivity contribution in [2.75, 3.05) is 6.61 Å². The zero-order valence-electron chi connectivity index (χ0n) is 4.85. The molecule has 0 atom stereocenters. The Morgan fingerprint density at radius 1 is 1.88 bits per heavy atom. The molecule has 0 aromatic rings. The Bertz CT molecular complexity index is 98.6. The molecule has 0 aromatic carbocycles. The molecule has 0 spiro atoms. The second kappa shape index (κ2) is 4.18. The quantitative estimate of drug-likeness (QED) is 0.318. The number of hydrogen-bond donors (Lipinski definition) is 2. The summed E-state index contributed by atoms with van der Waals surface area (Å²) in [5.74, 6) is 0.0125. The third-order valence-electron chi connectivity index (χ3n) is 0.510. The van der Waals surface area contributed by atoms with E-state index in [0.29, 0.717) is 6.61 Å². The molecule has 0 bridgehead atoms. The highest BCUT2D eigenvalue weighted by atomic mass is 16.5. The van der Waals surface area contributed by atoms with Crippen LogP contribution < -0.4 is 5.73 Å². The Labute approximate surface area is 48.6 Å². The van der Waals surface area contributed by atoms with E-state index in [1.165, 1.54) is 12.3 Å². The van der Waals surface area contributed by atoms with Gasteiger partial charge in [0.1, 0.15) is 5.84 Å². The first kappa shape index (κ1) is 7.01. The van der Waals surface area contributed by atoms with Crippen LogP contribution in [0, 0.1) is 5.41 Å². The second-order valence-electron chi connectivity index (χ2n) is 1.21. The van der Waals surface area contributed by atoms with Crippen LogP contribution in [0.25, 0.3) is 0 Å². The minimum atomic E-state index is 0.0125. The molecule has 3 nitrogen and oxygen atoms in total. The summed E-state index contributed by atoms with van der Waals surface area (Å²) in [7, 11) is 0. The third-order valence-corrected chi connectivity index (χ3v) is 0.510. The summed E-state index contributed by atoms with van der Waals surface area (Å²) in [5.41, 5.74) is 4.95. The molecule has 0 aromatic heterocycles. The van der Waals surface area contributed by atoms with Crippen LogP contribution >= 0.6 is 0 Å². The van der Waals surface area contributed by atoms with Crippen molar-refractivity contribution in [1.29, 1.82) is 5.41 Å². The average Bonchev–Trinajstić information content (AvgIpc) is 1.66. The number of nitrogens with one attached hydrogen (secondary N) is 1. The fourth-order valence-corrected chi connectivity index (χ4v) is 0.218. The fourth-order valence-electron chi connectivity index (χ4n) is 0.218. The van der Waals surface area contributed by atoms with E-state index in [4.69, 9.17) is 15.9 Å². The van der Waals surface area contributed by atoms with Gasteiger partial charge in [0.05, 0.1) is 12.9 Å². The van der Waals surface area contributed by atoms with Crippen LogP contribution in [0.3, 0.4) is 0 Å². The van der Waals surface area contributed by atoms with Gasteiger partial charge in [-0.25, -0.2) is 0 Å². The lowest BCUT2D eigenvalue weighted by molar-refractivity contribution is 0.269. The fraction of sp³-hybridized carbons (Fsp3) is 0.400. The molecule has 0 aliphatic carbocycles. The van der Waals surface area contributed by atoms with Gasteiger partial charge in [-0.15, -0.1) is 0 Å². The largest absolute Gasteiger partial charge is 0.501 e. The van der Waals surface area contributed by atoms with Gasteiger partial charge in [-0.3, -0.25) is 5.41 Å². The highest BCUT2D eigenvalue weighted by molar-refractivity contribution is 5.88. The number of ether oxygens (including phenoxy) is 1. The van der Waals surface area contributed by atoms with Crippen molar-refractivity contribution in [3.63, 3.8) is 0 Å². The zero-order chi connectivity index (χ0) is 6.41.